The van der Waals surface area contributed by atoms with Crippen molar-refractivity contribution in [2.45, 2.75) is 25.1 Å². The highest BCUT2D eigenvalue weighted by Gasteiger charge is 2.27. The normalized spacial score (nSPS) is 13.1. The Morgan fingerprint density at radius 3 is 2.53 bits per heavy atom. The van der Waals surface area contributed by atoms with Crippen LogP contribution in [0.5, 0.6) is 0 Å². The molecule has 0 saturated heterocycles. The third-order valence-electron chi connectivity index (χ3n) is 2.01. The average Bonchev–Trinajstić information content (AvgIpc) is 2.60. The number of aryl methyl sites for hydroxylation is 1. The zero-order valence-corrected chi connectivity index (χ0v) is 10.7. The lowest BCUT2D eigenvalue weighted by atomic mass is 10.2. The van der Waals surface area contributed by atoms with Crippen molar-refractivity contribution in [3.63, 3.8) is 0 Å². The largest absolute Gasteiger partial charge is 0.481 e. The van der Waals surface area contributed by atoms with Crippen LogP contribution in [0, 0.1) is 6.92 Å². The van der Waals surface area contributed by atoms with Crippen LogP contribution in [0.25, 0.3) is 0 Å². The maximum absolute atomic E-state index is 11.7. The molecule has 0 aromatic carbocycles. The first kappa shape index (κ1) is 15.1. The number of nitrogens with one attached hydrogen (secondary N) is 1. The molecule has 19 heavy (non-hydrogen) atoms. The Hall–Kier alpha value is -1.94. The molecule has 0 aliphatic rings. The maximum atomic E-state index is 11.7. The Balaban J connectivity index is 2.76. The molecule has 1 rings (SSSR count). The monoisotopic (exact) mass is 292 g/mol. The summed E-state index contributed by atoms with van der Waals surface area (Å²) < 4.78 is 29.8. The predicted octanol–water partition coefficient (Wildman–Crippen LogP) is -0.670. The summed E-state index contributed by atoms with van der Waals surface area (Å²) in [6, 6.07) is -0.345. The van der Waals surface area contributed by atoms with E-state index in [1.165, 1.54) is 6.07 Å². The fraction of sp³-hybridized carbons (Fsp3) is 0.444. The molecule has 0 aliphatic heterocycles. The van der Waals surface area contributed by atoms with Crippen molar-refractivity contribution in [1.82, 2.24) is 9.88 Å². The van der Waals surface area contributed by atoms with Gasteiger partial charge in [0.1, 0.15) is 23.2 Å². The van der Waals surface area contributed by atoms with E-state index >= 15 is 0 Å². The van der Waals surface area contributed by atoms with Gasteiger partial charge >= 0.3 is 11.9 Å². The predicted molar refractivity (Wildman–Crippen MR) is 60.7 cm³/mol. The second-order valence-corrected chi connectivity index (χ2v) is 5.55. The van der Waals surface area contributed by atoms with Gasteiger partial charge in [0.15, 0.2) is 0 Å². The molecule has 0 bridgehead atoms. The summed E-state index contributed by atoms with van der Waals surface area (Å²) >= 11 is 0. The highest BCUT2D eigenvalue weighted by Crippen LogP contribution is 2.07. The number of hydrogen-bond donors (Lipinski definition) is 3. The molecule has 3 N–H and O–H groups in total. The number of carboxylic acids is 2. The molecule has 0 fully saturated rings. The van der Waals surface area contributed by atoms with E-state index < -0.39 is 40.2 Å². The number of rotatable bonds is 7. The number of carboxylic acid groups (broad SMARTS) is 2. The van der Waals surface area contributed by atoms with Crippen LogP contribution in [0.1, 0.15) is 17.9 Å². The van der Waals surface area contributed by atoms with E-state index in [-0.39, 0.29) is 5.69 Å². The Labute approximate surface area is 108 Å². The first-order valence-electron chi connectivity index (χ1n) is 5.06. The van der Waals surface area contributed by atoms with E-state index in [2.05, 4.69) is 9.68 Å². The SMILES string of the molecule is Cc1cc(CS(=O)(=O)NC(CC(=O)O)C(=O)O)no1. The van der Waals surface area contributed by atoms with Gasteiger partial charge in [-0.3, -0.25) is 9.59 Å². The van der Waals surface area contributed by atoms with Gasteiger partial charge in [-0.05, 0) is 6.92 Å². The van der Waals surface area contributed by atoms with Gasteiger partial charge in [-0.25, -0.2) is 8.42 Å². The summed E-state index contributed by atoms with van der Waals surface area (Å²) in [6.45, 7) is 1.57. The quantitative estimate of drug-likeness (QED) is 0.599. The Kier molecular flexibility index (Phi) is 4.62. The van der Waals surface area contributed by atoms with Crippen LogP contribution in [0.15, 0.2) is 10.6 Å². The lowest BCUT2D eigenvalue weighted by molar-refractivity contribution is -0.145. The van der Waals surface area contributed by atoms with Crippen molar-refractivity contribution in [2.24, 2.45) is 0 Å². The maximum Gasteiger partial charge on any atom is 0.322 e. The topological polar surface area (TPSA) is 147 Å². The van der Waals surface area contributed by atoms with Gasteiger partial charge in [0, 0.05) is 6.07 Å². The number of sulfonamides is 1. The minimum Gasteiger partial charge on any atom is -0.481 e. The van der Waals surface area contributed by atoms with Crippen LogP contribution in [0.4, 0.5) is 0 Å². The van der Waals surface area contributed by atoms with E-state index in [9.17, 15) is 18.0 Å². The van der Waals surface area contributed by atoms with Gasteiger partial charge in [-0.2, -0.15) is 4.72 Å². The molecular formula is C9H12N2O7S. The molecule has 0 saturated carbocycles. The van der Waals surface area contributed by atoms with Crippen molar-refractivity contribution in [3.05, 3.63) is 17.5 Å². The van der Waals surface area contributed by atoms with Gasteiger partial charge < -0.3 is 14.7 Å². The van der Waals surface area contributed by atoms with Crippen molar-refractivity contribution in [1.29, 1.82) is 0 Å². The molecule has 1 unspecified atom stereocenters. The Morgan fingerprint density at radius 2 is 2.11 bits per heavy atom. The minimum absolute atomic E-state index is 0.101. The van der Waals surface area contributed by atoms with Gasteiger partial charge in [-0.1, -0.05) is 5.16 Å². The van der Waals surface area contributed by atoms with E-state index in [0.29, 0.717) is 5.76 Å². The summed E-state index contributed by atoms with van der Waals surface area (Å²) in [7, 11) is -4.03. The molecule has 10 heteroatoms. The lowest BCUT2D eigenvalue weighted by Gasteiger charge is -2.11. The molecular weight excluding hydrogens is 280 g/mol. The van der Waals surface area contributed by atoms with Crippen molar-refractivity contribution >= 4 is 22.0 Å². The van der Waals surface area contributed by atoms with E-state index in [0.717, 1.165) is 0 Å². The highest BCUT2D eigenvalue weighted by atomic mass is 32.2. The molecule has 9 nitrogen and oxygen atoms in total. The molecule has 0 radical (unpaired) electrons. The number of aliphatic carboxylic acids is 2. The van der Waals surface area contributed by atoms with Gasteiger partial charge in [-0.15, -0.1) is 0 Å². The van der Waals surface area contributed by atoms with Crippen LogP contribution in [0.2, 0.25) is 0 Å². The zero-order chi connectivity index (χ0) is 14.6. The molecule has 1 aromatic heterocycles. The first-order valence-corrected chi connectivity index (χ1v) is 6.71. The number of aromatic nitrogens is 1. The standard InChI is InChI=1S/C9H12N2O7S/c1-5-2-6(10-18-5)4-19(16,17)11-7(9(14)15)3-8(12)13/h2,7,11H,3-4H2,1H3,(H,12,13)(H,14,15). The van der Waals surface area contributed by atoms with Crippen LogP contribution in [0.3, 0.4) is 0 Å². The van der Waals surface area contributed by atoms with Gasteiger partial charge in [0.2, 0.25) is 10.0 Å². The van der Waals surface area contributed by atoms with Gasteiger partial charge in [0.05, 0.1) is 6.42 Å². The average molecular weight is 292 g/mol. The van der Waals surface area contributed by atoms with Crippen LogP contribution >= 0.6 is 0 Å². The summed E-state index contributed by atoms with van der Waals surface area (Å²) in [5.74, 6) is -3.17. The van der Waals surface area contributed by atoms with E-state index in [1.807, 2.05) is 0 Å². The molecule has 106 valence electrons. The summed E-state index contributed by atoms with van der Waals surface area (Å²) in [6.07, 6.45) is -0.855. The van der Waals surface area contributed by atoms with Crippen LogP contribution in [-0.2, 0) is 25.4 Å². The summed E-state index contributed by atoms with van der Waals surface area (Å²) in [5, 5.41) is 20.7. The summed E-state index contributed by atoms with van der Waals surface area (Å²) in [5.41, 5.74) is 0.101. The third-order valence-corrected chi connectivity index (χ3v) is 3.33. The number of carbonyl (C=O) groups is 2. The fourth-order valence-electron chi connectivity index (χ4n) is 1.29. The lowest BCUT2D eigenvalue weighted by Crippen LogP contribution is -2.42. The number of hydrogen-bond acceptors (Lipinski definition) is 6. The number of nitrogens with zero attached hydrogens (tertiary/aromatic N) is 1. The molecule has 0 aliphatic carbocycles. The second-order valence-electron chi connectivity index (χ2n) is 3.79. The van der Waals surface area contributed by atoms with Crippen LogP contribution < -0.4 is 4.72 Å². The fourth-order valence-corrected chi connectivity index (χ4v) is 2.52. The smallest absolute Gasteiger partial charge is 0.322 e. The Bertz CT molecular complexity index is 577. The highest BCUT2D eigenvalue weighted by molar-refractivity contribution is 7.88. The second kappa shape index (κ2) is 5.80. The summed E-state index contributed by atoms with van der Waals surface area (Å²) in [4.78, 5) is 21.2. The van der Waals surface area contributed by atoms with Crippen LogP contribution in [-0.4, -0.2) is 41.8 Å². The Morgan fingerprint density at radius 1 is 1.47 bits per heavy atom. The molecule has 1 heterocycles. The van der Waals surface area contributed by atoms with Crippen molar-refractivity contribution < 1.29 is 32.7 Å². The van der Waals surface area contributed by atoms with Crippen molar-refractivity contribution in [2.75, 3.05) is 0 Å². The third kappa shape index (κ3) is 5.06. The van der Waals surface area contributed by atoms with Crippen molar-refractivity contribution in [3.8, 4) is 0 Å². The molecule has 0 amide bonds. The van der Waals surface area contributed by atoms with Gasteiger partial charge in [0.25, 0.3) is 0 Å². The molecule has 1 aromatic rings. The van der Waals surface area contributed by atoms with E-state index in [4.69, 9.17) is 10.2 Å². The molecule has 0 spiro atoms. The zero-order valence-electron chi connectivity index (χ0n) is 9.86. The van der Waals surface area contributed by atoms with E-state index in [1.54, 1.807) is 11.6 Å². The first-order chi connectivity index (χ1) is 8.69. The molecule has 1 atom stereocenters. The minimum atomic E-state index is -4.03.